The molecule has 0 spiro atoms. The number of amides is 1. The van der Waals surface area contributed by atoms with Gasteiger partial charge in [-0.2, -0.15) is 0 Å². The van der Waals surface area contributed by atoms with Gasteiger partial charge in [0.25, 0.3) is 5.91 Å². The summed E-state index contributed by atoms with van der Waals surface area (Å²) in [5.74, 6) is 0.153. The molecule has 3 nitrogen and oxygen atoms in total. The van der Waals surface area contributed by atoms with Gasteiger partial charge in [-0.25, -0.2) is 0 Å². The second-order valence-corrected chi connectivity index (χ2v) is 6.19. The summed E-state index contributed by atoms with van der Waals surface area (Å²) in [6, 6.07) is 6.10. The molecular formula is C16H24N2OS. The number of carbonyl (C=O) groups is 1. The van der Waals surface area contributed by atoms with Crippen molar-refractivity contribution in [1.29, 1.82) is 0 Å². The number of thiol groups is 1. The highest BCUT2D eigenvalue weighted by atomic mass is 32.1. The van der Waals surface area contributed by atoms with Crippen LogP contribution in [-0.4, -0.2) is 48.4 Å². The van der Waals surface area contributed by atoms with E-state index < -0.39 is 0 Å². The van der Waals surface area contributed by atoms with Crippen LogP contribution in [0, 0.1) is 6.92 Å². The van der Waals surface area contributed by atoms with Crippen LogP contribution in [0.2, 0.25) is 0 Å². The summed E-state index contributed by atoms with van der Waals surface area (Å²) in [5, 5.41) is 0. The highest BCUT2D eigenvalue weighted by Crippen LogP contribution is 2.20. The van der Waals surface area contributed by atoms with E-state index in [-0.39, 0.29) is 5.91 Å². The van der Waals surface area contributed by atoms with Crippen LogP contribution < -0.4 is 0 Å². The Morgan fingerprint density at radius 1 is 1.40 bits per heavy atom. The van der Waals surface area contributed by atoms with E-state index in [1.165, 1.54) is 0 Å². The van der Waals surface area contributed by atoms with Crippen molar-refractivity contribution in [1.82, 2.24) is 9.80 Å². The molecule has 1 saturated heterocycles. The molecule has 1 aliphatic rings. The third-order valence-corrected chi connectivity index (χ3v) is 4.36. The van der Waals surface area contributed by atoms with Gasteiger partial charge in [-0.15, -0.1) is 12.6 Å². The lowest BCUT2D eigenvalue weighted by Gasteiger charge is -2.30. The second-order valence-electron chi connectivity index (χ2n) is 5.68. The van der Waals surface area contributed by atoms with Crippen LogP contribution in [0.4, 0.5) is 0 Å². The number of aryl methyl sites for hydroxylation is 1. The standard InChI is InChI=1S/C16H24N2OS/c1-4-13-11-17(3)8-5-9-18(13)16(19)15-10-14(20)7-6-12(15)2/h6-7,10,13,20H,4-5,8-9,11H2,1-3H3. The normalized spacial score (nSPS) is 20.8. The zero-order valence-electron chi connectivity index (χ0n) is 12.6. The molecule has 0 bridgehead atoms. The molecule has 1 atom stereocenters. The molecule has 110 valence electrons. The predicted molar refractivity (Wildman–Crippen MR) is 85.7 cm³/mol. The first kappa shape index (κ1) is 15.4. The minimum absolute atomic E-state index is 0.153. The Morgan fingerprint density at radius 2 is 2.15 bits per heavy atom. The molecule has 0 aliphatic carbocycles. The Morgan fingerprint density at radius 3 is 2.85 bits per heavy atom. The summed E-state index contributed by atoms with van der Waals surface area (Å²) in [4.78, 5) is 18.1. The molecule has 1 amide bonds. The molecule has 1 unspecified atom stereocenters. The first-order chi connectivity index (χ1) is 9.52. The van der Waals surface area contributed by atoms with Gasteiger partial charge in [-0.05, 0) is 51.1 Å². The number of likely N-dealkylation sites (N-methyl/N-ethyl adjacent to an activating group) is 1. The summed E-state index contributed by atoms with van der Waals surface area (Å²) in [7, 11) is 2.14. The van der Waals surface area contributed by atoms with Crippen molar-refractivity contribution < 1.29 is 4.79 Å². The molecular weight excluding hydrogens is 268 g/mol. The first-order valence-electron chi connectivity index (χ1n) is 7.32. The Bertz CT molecular complexity index is 489. The average molecular weight is 292 g/mol. The van der Waals surface area contributed by atoms with Crippen molar-refractivity contribution in [2.75, 3.05) is 26.7 Å². The van der Waals surface area contributed by atoms with E-state index >= 15 is 0 Å². The fraction of sp³-hybridized carbons (Fsp3) is 0.562. The van der Waals surface area contributed by atoms with Gasteiger partial charge in [0.2, 0.25) is 0 Å². The number of rotatable bonds is 2. The van der Waals surface area contributed by atoms with E-state index in [2.05, 4.69) is 36.4 Å². The van der Waals surface area contributed by atoms with E-state index in [9.17, 15) is 4.79 Å². The van der Waals surface area contributed by atoms with Gasteiger partial charge in [0.05, 0.1) is 0 Å². The monoisotopic (exact) mass is 292 g/mol. The van der Waals surface area contributed by atoms with Gasteiger partial charge >= 0.3 is 0 Å². The Kier molecular flexibility index (Phi) is 5.11. The van der Waals surface area contributed by atoms with Crippen LogP contribution in [0.25, 0.3) is 0 Å². The maximum absolute atomic E-state index is 12.9. The topological polar surface area (TPSA) is 23.6 Å². The Labute approximate surface area is 127 Å². The lowest BCUT2D eigenvalue weighted by molar-refractivity contribution is 0.0674. The van der Waals surface area contributed by atoms with E-state index in [1.807, 2.05) is 25.1 Å². The smallest absolute Gasteiger partial charge is 0.254 e. The second kappa shape index (κ2) is 6.64. The van der Waals surface area contributed by atoms with Gasteiger partial charge < -0.3 is 9.80 Å². The van der Waals surface area contributed by atoms with Crippen molar-refractivity contribution in [3.05, 3.63) is 29.3 Å². The largest absolute Gasteiger partial charge is 0.334 e. The van der Waals surface area contributed by atoms with Crippen LogP contribution in [0.1, 0.15) is 35.7 Å². The number of benzene rings is 1. The van der Waals surface area contributed by atoms with Crippen molar-refractivity contribution in [3.63, 3.8) is 0 Å². The summed E-state index contributed by atoms with van der Waals surface area (Å²) in [6.07, 6.45) is 2.04. The van der Waals surface area contributed by atoms with Gasteiger partial charge in [-0.1, -0.05) is 13.0 Å². The molecule has 20 heavy (non-hydrogen) atoms. The third-order valence-electron chi connectivity index (χ3n) is 4.09. The fourth-order valence-electron chi connectivity index (χ4n) is 2.86. The molecule has 0 aromatic heterocycles. The van der Waals surface area contributed by atoms with Crippen LogP contribution >= 0.6 is 12.6 Å². The van der Waals surface area contributed by atoms with E-state index in [0.29, 0.717) is 6.04 Å². The van der Waals surface area contributed by atoms with Gasteiger partial charge in [0.15, 0.2) is 0 Å². The predicted octanol–water partition coefficient (Wildman–Crippen LogP) is 2.84. The summed E-state index contributed by atoms with van der Waals surface area (Å²) in [6.45, 7) is 7.02. The number of nitrogens with zero attached hydrogens (tertiary/aromatic N) is 2. The van der Waals surface area contributed by atoms with Gasteiger partial charge in [-0.3, -0.25) is 4.79 Å². The maximum atomic E-state index is 12.9. The zero-order chi connectivity index (χ0) is 14.7. The molecule has 4 heteroatoms. The molecule has 1 aromatic carbocycles. The number of hydrogen-bond acceptors (Lipinski definition) is 3. The van der Waals surface area contributed by atoms with Crippen LogP contribution in [0.5, 0.6) is 0 Å². The zero-order valence-corrected chi connectivity index (χ0v) is 13.5. The van der Waals surface area contributed by atoms with E-state index in [0.717, 1.165) is 48.5 Å². The average Bonchev–Trinajstić information content (AvgIpc) is 2.62. The first-order valence-corrected chi connectivity index (χ1v) is 7.76. The number of carbonyl (C=O) groups excluding carboxylic acids is 1. The Hall–Kier alpha value is -1.00. The van der Waals surface area contributed by atoms with E-state index in [4.69, 9.17) is 0 Å². The van der Waals surface area contributed by atoms with E-state index in [1.54, 1.807) is 0 Å². The Balaban J connectivity index is 2.27. The SMILES string of the molecule is CCC1CN(C)CCCN1C(=O)c1cc(S)ccc1C. The highest BCUT2D eigenvalue weighted by molar-refractivity contribution is 7.80. The molecule has 1 aromatic rings. The molecule has 0 saturated carbocycles. The van der Waals surface area contributed by atoms with Crippen LogP contribution in [-0.2, 0) is 0 Å². The fourth-order valence-corrected chi connectivity index (χ4v) is 3.06. The maximum Gasteiger partial charge on any atom is 0.254 e. The summed E-state index contributed by atoms with van der Waals surface area (Å²) >= 11 is 4.36. The van der Waals surface area contributed by atoms with Crippen LogP contribution in [0.3, 0.4) is 0 Å². The lowest BCUT2D eigenvalue weighted by atomic mass is 10.1. The summed E-state index contributed by atoms with van der Waals surface area (Å²) < 4.78 is 0. The highest BCUT2D eigenvalue weighted by Gasteiger charge is 2.27. The minimum atomic E-state index is 0.153. The van der Waals surface area contributed by atoms with Crippen molar-refractivity contribution >= 4 is 18.5 Å². The molecule has 2 rings (SSSR count). The molecule has 0 N–H and O–H groups in total. The third kappa shape index (κ3) is 3.36. The lowest BCUT2D eigenvalue weighted by Crippen LogP contribution is -2.43. The van der Waals surface area contributed by atoms with Crippen LogP contribution in [0.15, 0.2) is 23.1 Å². The van der Waals surface area contributed by atoms with Crippen molar-refractivity contribution in [2.45, 2.75) is 37.6 Å². The van der Waals surface area contributed by atoms with Crippen molar-refractivity contribution in [2.24, 2.45) is 0 Å². The van der Waals surface area contributed by atoms with Gasteiger partial charge in [0, 0.05) is 29.6 Å². The molecule has 1 fully saturated rings. The molecule has 0 radical (unpaired) electrons. The molecule has 1 aliphatic heterocycles. The van der Waals surface area contributed by atoms with Gasteiger partial charge in [0.1, 0.15) is 0 Å². The minimum Gasteiger partial charge on any atom is -0.334 e. The number of hydrogen-bond donors (Lipinski definition) is 1. The van der Waals surface area contributed by atoms with Crippen molar-refractivity contribution in [3.8, 4) is 0 Å². The molecule has 1 heterocycles. The summed E-state index contributed by atoms with van der Waals surface area (Å²) in [5.41, 5.74) is 1.82. The quantitative estimate of drug-likeness (QED) is 0.847.